The summed E-state index contributed by atoms with van der Waals surface area (Å²) >= 11 is -1.25. The van der Waals surface area contributed by atoms with Crippen LogP contribution in [0.2, 0.25) is 0 Å². The molecule has 78 valence electrons. The molecule has 0 radical (unpaired) electrons. The van der Waals surface area contributed by atoms with E-state index >= 15 is 0 Å². The molecule has 0 aliphatic heterocycles. The van der Waals surface area contributed by atoms with Crippen LogP contribution in [-0.4, -0.2) is 15.4 Å². The second-order valence-corrected chi connectivity index (χ2v) is 4.82. The highest BCUT2D eigenvalue weighted by molar-refractivity contribution is 7.90. The first-order valence-corrected chi connectivity index (χ1v) is 6.68. The first-order chi connectivity index (χ1) is 6.68. The van der Waals surface area contributed by atoms with E-state index in [9.17, 15) is 9.12 Å². The Bertz CT molecular complexity index is 293. The molecule has 0 spiro atoms. The second kappa shape index (κ2) is 6.22. The van der Waals surface area contributed by atoms with Crippen molar-refractivity contribution in [2.24, 2.45) is 0 Å². The fourth-order valence-electron chi connectivity index (χ4n) is 0.918. The third kappa shape index (κ3) is 4.79. The predicted octanol–water partition coefficient (Wildman–Crippen LogP) is 1.29. The van der Waals surface area contributed by atoms with Crippen LogP contribution in [0.15, 0.2) is 30.3 Å². The van der Waals surface area contributed by atoms with Gasteiger partial charge >= 0.3 is 8.25 Å². The molecule has 1 N–H and O–H groups in total. The monoisotopic (exact) mass is 234 g/mol. The van der Waals surface area contributed by atoms with Gasteiger partial charge in [-0.2, -0.15) is 0 Å². The van der Waals surface area contributed by atoms with Gasteiger partial charge in [0.05, 0.1) is 0 Å². The van der Waals surface area contributed by atoms with Crippen LogP contribution in [-0.2, 0) is 26.0 Å². The van der Waals surface area contributed by atoms with E-state index in [0.717, 1.165) is 5.56 Å². The predicted molar refractivity (Wildman–Crippen MR) is 55.5 cm³/mol. The molecule has 1 rings (SSSR count). The maximum Gasteiger partial charge on any atom is 0.320 e. The molecule has 2 atom stereocenters. The molecule has 0 fully saturated rings. The molecule has 0 amide bonds. The van der Waals surface area contributed by atoms with Crippen LogP contribution in [0.5, 0.6) is 0 Å². The van der Waals surface area contributed by atoms with Crippen LogP contribution in [0, 0.1) is 0 Å². The summed E-state index contributed by atoms with van der Waals surface area (Å²) in [4.78, 5) is 8.36. The Morgan fingerprint density at radius 1 is 1.43 bits per heavy atom. The van der Waals surface area contributed by atoms with Crippen molar-refractivity contribution in [2.75, 3.05) is 5.94 Å². The third-order valence-corrected chi connectivity index (χ3v) is 3.12. The van der Waals surface area contributed by atoms with Crippen molar-refractivity contribution in [3.63, 3.8) is 0 Å². The Morgan fingerprint density at radius 2 is 2.07 bits per heavy atom. The van der Waals surface area contributed by atoms with E-state index in [0.29, 0.717) is 5.75 Å². The highest BCUT2D eigenvalue weighted by atomic mass is 32.2. The molecule has 0 aromatic heterocycles. The van der Waals surface area contributed by atoms with E-state index in [1.807, 2.05) is 30.3 Å². The summed E-state index contributed by atoms with van der Waals surface area (Å²) in [5.41, 5.74) is 0.923. The lowest BCUT2D eigenvalue weighted by Crippen LogP contribution is -2.09. The molecule has 1 aromatic carbocycles. The molecule has 0 saturated carbocycles. The topological polar surface area (TPSA) is 69.6 Å². The van der Waals surface area contributed by atoms with Crippen molar-refractivity contribution >= 4 is 19.4 Å². The van der Waals surface area contributed by atoms with Crippen molar-refractivity contribution in [1.29, 1.82) is 0 Å². The molecule has 0 bridgehead atoms. The standard InChI is InChI=1S/C8H11O4PS/c9-13(10)12-7-14(11)6-8-4-2-1-3-5-8/h1-5,13H,6-7H2,(H,9,10)/t14-/m0/s1. The zero-order chi connectivity index (χ0) is 10.4. The van der Waals surface area contributed by atoms with Gasteiger partial charge in [-0.1, -0.05) is 30.3 Å². The number of benzene rings is 1. The first-order valence-electron chi connectivity index (χ1n) is 3.93. The average molecular weight is 234 g/mol. The fourth-order valence-corrected chi connectivity index (χ4v) is 2.49. The molecule has 1 unspecified atom stereocenters. The molecule has 6 heteroatoms. The fraction of sp³-hybridized carbons (Fsp3) is 0.250. The molecule has 0 saturated heterocycles. The van der Waals surface area contributed by atoms with Crippen LogP contribution < -0.4 is 0 Å². The van der Waals surface area contributed by atoms with E-state index in [-0.39, 0.29) is 5.94 Å². The normalized spacial score (nSPS) is 15.0. The summed E-state index contributed by atoms with van der Waals surface area (Å²) in [7, 11) is -2.96. The molecule has 4 nitrogen and oxygen atoms in total. The highest BCUT2D eigenvalue weighted by Crippen LogP contribution is 2.16. The molecule has 0 aliphatic carbocycles. The summed E-state index contributed by atoms with van der Waals surface area (Å²) in [5, 5.41) is 0. The number of rotatable bonds is 5. The summed E-state index contributed by atoms with van der Waals surface area (Å²) < 4.78 is 25.8. The van der Waals surface area contributed by atoms with Gasteiger partial charge in [0.15, 0.2) is 0 Å². The van der Waals surface area contributed by atoms with Crippen LogP contribution in [0.25, 0.3) is 0 Å². The Balaban J connectivity index is 2.34. The second-order valence-electron chi connectivity index (χ2n) is 2.60. The maximum absolute atomic E-state index is 11.3. The van der Waals surface area contributed by atoms with E-state index in [4.69, 9.17) is 4.89 Å². The number of hydrogen-bond acceptors (Lipinski definition) is 3. The minimum atomic E-state index is -2.96. The van der Waals surface area contributed by atoms with E-state index < -0.39 is 19.4 Å². The lowest BCUT2D eigenvalue weighted by molar-refractivity contribution is 0.322. The van der Waals surface area contributed by atoms with Crippen molar-refractivity contribution < 1.29 is 18.5 Å². The van der Waals surface area contributed by atoms with Gasteiger partial charge in [-0.25, -0.2) is 0 Å². The molecule has 0 aliphatic rings. The van der Waals surface area contributed by atoms with Crippen molar-refractivity contribution in [3.05, 3.63) is 35.9 Å². The molecule has 0 heterocycles. The van der Waals surface area contributed by atoms with Crippen LogP contribution in [0.4, 0.5) is 0 Å². The SMILES string of the molecule is O=[PH](O)OC[S@@+]([O-])Cc1ccccc1. The van der Waals surface area contributed by atoms with Gasteiger partial charge in [0.25, 0.3) is 0 Å². The van der Waals surface area contributed by atoms with Gasteiger partial charge in [0.1, 0.15) is 5.75 Å². The van der Waals surface area contributed by atoms with E-state index in [1.54, 1.807) is 0 Å². The van der Waals surface area contributed by atoms with Crippen LogP contribution in [0.1, 0.15) is 5.56 Å². The van der Waals surface area contributed by atoms with Gasteiger partial charge in [-0.15, -0.1) is 0 Å². The Morgan fingerprint density at radius 3 is 2.64 bits per heavy atom. The molecule has 14 heavy (non-hydrogen) atoms. The zero-order valence-electron chi connectivity index (χ0n) is 7.38. The molecular formula is C8H11O4PS. The quantitative estimate of drug-likeness (QED) is 0.615. The van der Waals surface area contributed by atoms with Gasteiger partial charge in [-0.3, -0.25) is 9.09 Å². The maximum atomic E-state index is 11.3. The van der Waals surface area contributed by atoms with Crippen molar-refractivity contribution in [2.45, 2.75) is 5.75 Å². The van der Waals surface area contributed by atoms with E-state index in [2.05, 4.69) is 4.52 Å². The highest BCUT2D eigenvalue weighted by Gasteiger charge is 2.08. The van der Waals surface area contributed by atoms with E-state index in [1.165, 1.54) is 0 Å². The minimum Gasteiger partial charge on any atom is -0.614 e. The summed E-state index contributed by atoms with van der Waals surface area (Å²) in [6.45, 7) is 0. The van der Waals surface area contributed by atoms with Gasteiger partial charge < -0.3 is 9.45 Å². The third-order valence-electron chi connectivity index (χ3n) is 1.48. The molecule has 1 aromatic rings. The molecular weight excluding hydrogens is 223 g/mol. The van der Waals surface area contributed by atoms with Crippen LogP contribution in [0.3, 0.4) is 0 Å². The van der Waals surface area contributed by atoms with Gasteiger partial charge in [-0.05, 0) is 11.2 Å². The van der Waals surface area contributed by atoms with Crippen LogP contribution >= 0.6 is 8.25 Å². The minimum absolute atomic E-state index is 0.191. The lowest BCUT2D eigenvalue weighted by atomic mass is 10.2. The average Bonchev–Trinajstić information content (AvgIpc) is 2.16. The van der Waals surface area contributed by atoms with Crippen molar-refractivity contribution in [1.82, 2.24) is 0 Å². The Kier molecular flexibility index (Phi) is 5.22. The summed E-state index contributed by atoms with van der Waals surface area (Å²) in [6.07, 6.45) is 0. The Hall–Kier alpha value is -0.320. The lowest BCUT2D eigenvalue weighted by Gasteiger charge is -2.09. The van der Waals surface area contributed by atoms with Crippen molar-refractivity contribution in [3.8, 4) is 0 Å². The smallest absolute Gasteiger partial charge is 0.320 e. The van der Waals surface area contributed by atoms with Gasteiger partial charge in [0.2, 0.25) is 5.94 Å². The van der Waals surface area contributed by atoms with Gasteiger partial charge in [0, 0.05) is 5.56 Å². The summed E-state index contributed by atoms with van der Waals surface area (Å²) in [5.74, 6) is 0.152. The Labute approximate surface area is 86.0 Å². The zero-order valence-corrected chi connectivity index (χ0v) is 9.20. The first kappa shape index (κ1) is 11.8. The number of hydrogen-bond donors (Lipinski definition) is 1. The largest absolute Gasteiger partial charge is 0.614 e. The summed E-state index contributed by atoms with van der Waals surface area (Å²) in [6, 6.07) is 9.26.